The van der Waals surface area contributed by atoms with Gasteiger partial charge in [-0.2, -0.15) is 0 Å². The first kappa shape index (κ1) is 23.1. The van der Waals surface area contributed by atoms with Crippen molar-refractivity contribution >= 4 is 41.3 Å². The molecule has 0 spiro atoms. The van der Waals surface area contributed by atoms with Crippen LogP contribution < -0.4 is 15.4 Å². The first-order valence-corrected chi connectivity index (χ1v) is 10.2. The van der Waals surface area contributed by atoms with Crippen molar-refractivity contribution in [1.82, 2.24) is 25.4 Å². The molecular formula is C20H27IN6OS. The fraction of sp³-hybridized carbons (Fsp3) is 0.350. The third-order valence-corrected chi connectivity index (χ3v) is 5.14. The first-order chi connectivity index (χ1) is 13.8. The van der Waals surface area contributed by atoms with Gasteiger partial charge >= 0.3 is 0 Å². The van der Waals surface area contributed by atoms with Crippen LogP contribution in [0.15, 0.2) is 53.1 Å². The van der Waals surface area contributed by atoms with E-state index in [1.165, 1.54) is 4.88 Å². The Labute approximate surface area is 192 Å². The number of halogens is 1. The minimum absolute atomic E-state index is 0. The molecule has 0 bridgehead atoms. The van der Waals surface area contributed by atoms with Crippen LogP contribution in [0.25, 0.3) is 0 Å². The van der Waals surface area contributed by atoms with Crippen molar-refractivity contribution in [2.45, 2.75) is 33.0 Å². The lowest BCUT2D eigenvalue weighted by molar-refractivity contribution is 0.410. The summed E-state index contributed by atoms with van der Waals surface area (Å²) in [6.07, 6.45) is 2.64. The van der Waals surface area contributed by atoms with E-state index in [9.17, 15) is 0 Å². The van der Waals surface area contributed by atoms with Crippen LogP contribution in [0.3, 0.4) is 0 Å². The Morgan fingerprint density at radius 2 is 2.07 bits per heavy atom. The smallest absolute Gasteiger partial charge is 0.191 e. The number of thiophene rings is 1. The van der Waals surface area contributed by atoms with Crippen LogP contribution in [0.4, 0.5) is 0 Å². The second-order valence-electron chi connectivity index (χ2n) is 6.13. The van der Waals surface area contributed by atoms with Crippen LogP contribution in [0.2, 0.25) is 0 Å². The average molecular weight is 526 g/mol. The van der Waals surface area contributed by atoms with Gasteiger partial charge in [0.05, 0.1) is 20.2 Å². The lowest BCUT2D eigenvalue weighted by Crippen LogP contribution is -2.38. The zero-order valence-corrected chi connectivity index (χ0v) is 19.8. The van der Waals surface area contributed by atoms with Crippen LogP contribution in [0.1, 0.15) is 23.2 Å². The zero-order chi connectivity index (χ0) is 19.6. The number of nitrogens with zero attached hydrogens (tertiary/aromatic N) is 4. The van der Waals surface area contributed by atoms with E-state index < -0.39 is 0 Å². The van der Waals surface area contributed by atoms with Crippen molar-refractivity contribution in [2.24, 2.45) is 4.99 Å². The molecule has 29 heavy (non-hydrogen) atoms. The molecule has 0 saturated carbocycles. The van der Waals surface area contributed by atoms with Crippen molar-refractivity contribution in [1.29, 1.82) is 0 Å². The first-order valence-electron chi connectivity index (χ1n) is 9.33. The van der Waals surface area contributed by atoms with E-state index in [4.69, 9.17) is 9.73 Å². The van der Waals surface area contributed by atoms with Crippen molar-refractivity contribution < 1.29 is 4.74 Å². The molecule has 7 nitrogen and oxygen atoms in total. The molecule has 3 aromatic rings. The van der Waals surface area contributed by atoms with Crippen LogP contribution in [0, 0.1) is 0 Å². The number of benzene rings is 1. The van der Waals surface area contributed by atoms with Crippen LogP contribution >= 0.6 is 35.3 Å². The minimum Gasteiger partial charge on any atom is -0.496 e. The molecule has 0 fully saturated rings. The highest BCUT2D eigenvalue weighted by Crippen LogP contribution is 2.18. The number of nitrogens with one attached hydrogen (secondary N) is 2. The Balaban J connectivity index is 0.00000300. The highest BCUT2D eigenvalue weighted by atomic mass is 127. The third-order valence-electron chi connectivity index (χ3n) is 4.27. The predicted octanol–water partition coefficient (Wildman–Crippen LogP) is 3.46. The van der Waals surface area contributed by atoms with Gasteiger partial charge < -0.3 is 19.9 Å². The molecule has 2 N–H and O–H groups in total. The quantitative estimate of drug-likeness (QED) is 0.254. The lowest BCUT2D eigenvalue weighted by atomic mass is 10.2. The SMILES string of the molecule is CCc1nncn1CCNC(=NCc1ccccc1OC)NCc1cccs1.I. The van der Waals surface area contributed by atoms with Crippen molar-refractivity contribution in [3.63, 3.8) is 0 Å². The molecule has 0 saturated heterocycles. The molecule has 0 unspecified atom stereocenters. The molecule has 156 valence electrons. The van der Waals surface area contributed by atoms with E-state index >= 15 is 0 Å². The minimum atomic E-state index is 0. The fourth-order valence-electron chi connectivity index (χ4n) is 2.79. The fourth-order valence-corrected chi connectivity index (χ4v) is 3.43. The Morgan fingerprint density at radius 3 is 2.83 bits per heavy atom. The van der Waals surface area contributed by atoms with E-state index in [1.807, 2.05) is 24.3 Å². The number of aromatic nitrogens is 3. The summed E-state index contributed by atoms with van der Waals surface area (Å²) in [6.45, 7) is 4.87. The van der Waals surface area contributed by atoms with Gasteiger partial charge in [0.2, 0.25) is 0 Å². The highest BCUT2D eigenvalue weighted by molar-refractivity contribution is 14.0. The summed E-state index contributed by atoms with van der Waals surface area (Å²) in [5.74, 6) is 2.60. The Bertz CT molecular complexity index is 881. The van der Waals surface area contributed by atoms with Crippen molar-refractivity contribution in [3.8, 4) is 5.75 Å². The standard InChI is InChI=1S/C20H26N6OS.HI/c1-3-19-25-24-15-26(19)11-10-21-20(23-14-17-8-6-12-28-17)22-13-16-7-4-5-9-18(16)27-2;/h4-9,12,15H,3,10-11,13-14H2,1-2H3,(H2,21,22,23);1H. The number of aryl methyl sites for hydroxylation is 1. The molecule has 0 aliphatic heterocycles. The Morgan fingerprint density at radius 1 is 1.21 bits per heavy atom. The summed E-state index contributed by atoms with van der Waals surface area (Å²) in [7, 11) is 1.68. The number of para-hydroxylation sites is 1. The maximum atomic E-state index is 5.43. The summed E-state index contributed by atoms with van der Waals surface area (Å²) in [5, 5.41) is 17.0. The molecule has 3 rings (SSSR count). The Kier molecular flexibility index (Phi) is 9.92. The van der Waals surface area contributed by atoms with Crippen molar-refractivity contribution in [3.05, 3.63) is 64.4 Å². The summed E-state index contributed by atoms with van der Waals surface area (Å²) >= 11 is 1.73. The van der Waals surface area contributed by atoms with Gasteiger partial charge in [-0.3, -0.25) is 0 Å². The predicted molar refractivity (Wildman–Crippen MR) is 128 cm³/mol. The average Bonchev–Trinajstić information content (AvgIpc) is 3.41. The largest absolute Gasteiger partial charge is 0.496 e. The topological polar surface area (TPSA) is 76.4 Å². The van der Waals surface area contributed by atoms with Gasteiger partial charge in [0.15, 0.2) is 5.96 Å². The molecule has 0 amide bonds. The highest BCUT2D eigenvalue weighted by Gasteiger charge is 2.05. The van der Waals surface area contributed by atoms with E-state index in [2.05, 4.69) is 49.8 Å². The van der Waals surface area contributed by atoms with E-state index in [0.29, 0.717) is 6.54 Å². The number of guanidine groups is 1. The zero-order valence-electron chi connectivity index (χ0n) is 16.7. The second kappa shape index (κ2) is 12.4. The van der Waals surface area contributed by atoms with Gasteiger partial charge in [-0.05, 0) is 17.5 Å². The normalized spacial score (nSPS) is 11.0. The van der Waals surface area contributed by atoms with Gasteiger partial charge in [-0.15, -0.1) is 45.5 Å². The third kappa shape index (κ3) is 7.00. The molecule has 0 radical (unpaired) electrons. The van der Waals surface area contributed by atoms with Crippen LogP contribution in [0.5, 0.6) is 5.75 Å². The molecule has 1 aromatic carbocycles. The van der Waals surface area contributed by atoms with Crippen LogP contribution in [-0.4, -0.2) is 34.4 Å². The summed E-state index contributed by atoms with van der Waals surface area (Å²) in [4.78, 5) is 6.00. The Hall–Kier alpha value is -2.14. The molecule has 0 aliphatic rings. The number of methoxy groups -OCH3 is 1. The summed E-state index contributed by atoms with van der Waals surface area (Å²) in [6, 6.07) is 12.1. The molecule has 2 aromatic heterocycles. The monoisotopic (exact) mass is 526 g/mol. The number of aliphatic imine (C=N–C) groups is 1. The number of hydrogen-bond acceptors (Lipinski definition) is 5. The lowest BCUT2D eigenvalue weighted by Gasteiger charge is -2.13. The maximum absolute atomic E-state index is 5.43. The molecule has 0 atom stereocenters. The van der Waals surface area contributed by atoms with Gasteiger partial charge in [0.1, 0.15) is 17.9 Å². The number of ether oxygens (including phenoxy) is 1. The van der Waals surface area contributed by atoms with Gasteiger partial charge in [0.25, 0.3) is 0 Å². The second-order valence-corrected chi connectivity index (χ2v) is 7.16. The molecule has 0 aliphatic carbocycles. The van der Waals surface area contributed by atoms with Gasteiger partial charge in [-0.25, -0.2) is 4.99 Å². The van der Waals surface area contributed by atoms with E-state index in [-0.39, 0.29) is 24.0 Å². The molecule has 2 heterocycles. The van der Waals surface area contributed by atoms with Gasteiger partial charge in [-0.1, -0.05) is 31.2 Å². The van der Waals surface area contributed by atoms with E-state index in [0.717, 1.165) is 49.2 Å². The van der Waals surface area contributed by atoms with Gasteiger partial charge in [0, 0.05) is 30.0 Å². The number of hydrogen-bond donors (Lipinski definition) is 2. The van der Waals surface area contributed by atoms with E-state index in [1.54, 1.807) is 24.8 Å². The molecular weight excluding hydrogens is 499 g/mol. The van der Waals surface area contributed by atoms with Crippen LogP contribution in [-0.2, 0) is 26.1 Å². The number of rotatable bonds is 9. The summed E-state index contributed by atoms with van der Waals surface area (Å²) in [5.41, 5.74) is 1.05. The maximum Gasteiger partial charge on any atom is 0.191 e. The van der Waals surface area contributed by atoms with Crippen molar-refractivity contribution in [2.75, 3.05) is 13.7 Å². The summed E-state index contributed by atoms with van der Waals surface area (Å²) < 4.78 is 7.49. The molecule has 9 heteroatoms.